The monoisotopic (exact) mass is 435 g/mol. The lowest BCUT2D eigenvalue weighted by Crippen LogP contribution is -2.36. The topological polar surface area (TPSA) is 81.5 Å². The molecule has 0 spiro atoms. The van der Waals surface area contributed by atoms with Gasteiger partial charge in [-0.2, -0.15) is 0 Å². The smallest absolute Gasteiger partial charge is 0.326 e. The van der Waals surface area contributed by atoms with Gasteiger partial charge in [-0.05, 0) is 56.2 Å². The van der Waals surface area contributed by atoms with Crippen LogP contribution in [0, 0.1) is 0 Å². The molecule has 168 valence electrons. The molecule has 1 N–H and O–H groups in total. The number of benzene rings is 2. The molecule has 1 aromatic heterocycles. The molecule has 0 unspecified atom stereocenters. The van der Waals surface area contributed by atoms with E-state index in [1.807, 2.05) is 55.5 Å². The first-order chi connectivity index (χ1) is 15.7. The van der Waals surface area contributed by atoms with Gasteiger partial charge in [0.2, 0.25) is 0 Å². The number of carbonyl (C=O) groups excluding carboxylic acids is 1. The van der Waals surface area contributed by atoms with Gasteiger partial charge < -0.3 is 19.4 Å². The molecule has 8 nitrogen and oxygen atoms in total. The Kier molecular flexibility index (Phi) is 6.89. The van der Waals surface area contributed by atoms with Crippen LogP contribution in [0.2, 0.25) is 0 Å². The van der Waals surface area contributed by atoms with Crippen LogP contribution in [0.5, 0.6) is 11.5 Å². The lowest BCUT2D eigenvalue weighted by atomic mass is 10.2. The van der Waals surface area contributed by atoms with Crippen LogP contribution < -0.4 is 19.7 Å². The first-order valence-electron chi connectivity index (χ1n) is 11.0. The van der Waals surface area contributed by atoms with Crippen molar-refractivity contribution in [2.45, 2.75) is 45.7 Å². The van der Waals surface area contributed by atoms with E-state index in [2.05, 4.69) is 20.1 Å². The number of methoxy groups -OCH3 is 1. The van der Waals surface area contributed by atoms with Gasteiger partial charge in [0.25, 0.3) is 0 Å². The second-order valence-electron chi connectivity index (χ2n) is 7.64. The summed E-state index contributed by atoms with van der Waals surface area (Å²) < 4.78 is 13.2. The maximum Gasteiger partial charge on any atom is 0.326 e. The van der Waals surface area contributed by atoms with Crippen LogP contribution in [0.15, 0.2) is 48.5 Å². The minimum atomic E-state index is -0.270. The number of aryl methyl sites for hydroxylation is 1. The van der Waals surface area contributed by atoms with Crippen LogP contribution >= 0.6 is 0 Å². The van der Waals surface area contributed by atoms with Gasteiger partial charge in [0.15, 0.2) is 5.82 Å². The zero-order chi connectivity index (χ0) is 22.3. The fourth-order valence-electron chi connectivity index (χ4n) is 3.89. The standard InChI is InChI=1S/C24H29N5O3/c1-3-32-21-10-7-6-9-20(21)29(24(30)25-18-12-14-19(31-2)15-13-18)17-23-27-26-22-11-5-4-8-16-28(22)23/h6-7,9-10,12-15H,3-5,8,11,16-17H2,1-2H3,(H,25,30). The third kappa shape index (κ3) is 4.85. The SMILES string of the molecule is CCOc1ccccc1N(Cc1nnc2n1CCCCC2)C(=O)Nc1ccc(OC)cc1. The van der Waals surface area contributed by atoms with Gasteiger partial charge in [-0.3, -0.25) is 4.90 Å². The van der Waals surface area contributed by atoms with E-state index in [1.165, 1.54) is 6.42 Å². The van der Waals surface area contributed by atoms with E-state index in [9.17, 15) is 4.79 Å². The summed E-state index contributed by atoms with van der Waals surface area (Å²) in [6, 6.07) is 14.5. The minimum Gasteiger partial charge on any atom is -0.497 e. The molecule has 3 aromatic rings. The van der Waals surface area contributed by atoms with Crippen molar-refractivity contribution in [1.29, 1.82) is 0 Å². The third-order valence-electron chi connectivity index (χ3n) is 5.53. The quantitative estimate of drug-likeness (QED) is 0.584. The number of fused-ring (bicyclic) bond motifs is 1. The second kappa shape index (κ2) is 10.2. The summed E-state index contributed by atoms with van der Waals surface area (Å²) in [5, 5.41) is 11.8. The summed E-state index contributed by atoms with van der Waals surface area (Å²) in [4.78, 5) is 15.1. The Hall–Kier alpha value is -3.55. The Morgan fingerprint density at radius 2 is 1.91 bits per heavy atom. The molecule has 0 bridgehead atoms. The fourth-order valence-corrected chi connectivity index (χ4v) is 3.89. The first-order valence-corrected chi connectivity index (χ1v) is 11.0. The number of nitrogens with one attached hydrogen (secondary N) is 1. The van der Waals surface area contributed by atoms with Gasteiger partial charge in [-0.1, -0.05) is 18.6 Å². The van der Waals surface area contributed by atoms with Gasteiger partial charge in [-0.25, -0.2) is 4.79 Å². The summed E-state index contributed by atoms with van der Waals surface area (Å²) in [6.45, 7) is 3.60. The number of aromatic nitrogens is 3. The van der Waals surface area contributed by atoms with Crippen LogP contribution in [-0.4, -0.2) is 34.5 Å². The Morgan fingerprint density at radius 3 is 2.69 bits per heavy atom. The molecule has 2 amide bonds. The molecule has 8 heteroatoms. The van der Waals surface area contributed by atoms with Crippen LogP contribution in [0.25, 0.3) is 0 Å². The lowest BCUT2D eigenvalue weighted by molar-refractivity contribution is 0.256. The number of hydrogen-bond acceptors (Lipinski definition) is 5. The van der Waals surface area contributed by atoms with Crippen LogP contribution in [0.4, 0.5) is 16.2 Å². The van der Waals surface area contributed by atoms with E-state index in [-0.39, 0.29) is 6.03 Å². The molecule has 1 aliphatic rings. The van der Waals surface area contributed by atoms with Crippen molar-refractivity contribution >= 4 is 17.4 Å². The number of hydrogen-bond donors (Lipinski definition) is 1. The summed E-state index contributed by atoms with van der Waals surface area (Å²) in [5.41, 5.74) is 1.36. The number of nitrogens with zero attached hydrogens (tertiary/aromatic N) is 4. The molecule has 32 heavy (non-hydrogen) atoms. The van der Waals surface area contributed by atoms with Crippen LogP contribution in [-0.2, 0) is 19.5 Å². The second-order valence-corrected chi connectivity index (χ2v) is 7.64. The van der Waals surface area contributed by atoms with E-state index >= 15 is 0 Å². The van der Waals surface area contributed by atoms with Gasteiger partial charge in [0.05, 0.1) is 25.9 Å². The van der Waals surface area contributed by atoms with Gasteiger partial charge in [-0.15, -0.1) is 10.2 Å². The Morgan fingerprint density at radius 1 is 1.09 bits per heavy atom. The van der Waals surface area contributed by atoms with Crippen LogP contribution in [0.3, 0.4) is 0 Å². The van der Waals surface area contributed by atoms with Crippen molar-refractivity contribution in [2.24, 2.45) is 0 Å². The van der Waals surface area contributed by atoms with E-state index in [1.54, 1.807) is 12.0 Å². The highest BCUT2D eigenvalue weighted by Gasteiger charge is 2.24. The van der Waals surface area contributed by atoms with Gasteiger partial charge in [0.1, 0.15) is 17.3 Å². The molecule has 4 rings (SSSR count). The molecule has 0 fully saturated rings. The van der Waals surface area contributed by atoms with E-state index in [4.69, 9.17) is 9.47 Å². The Bertz CT molecular complexity index is 1050. The summed E-state index contributed by atoms with van der Waals surface area (Å²) in [5.74, 6) is 3.15. The lowest BCUT2D eigenvalue weighted by Gasteiger charge is -2.25. The maximum absolute atomic E-state index is 13.5. The van der Waals surface area contributed by atoms with Crippen molar-refractivity contribution in [3.05, 3.63) is 60.2 Å². The summed E-state index contributed by atoms with van der Waals surface area (Å²) in [7, 11) is 1.61. The van der Waals surface area contributed by atoms with Crippen molar-refractivity contribution in [2.75, 3.05) is 23.9 Å². The van der Waals surface area contributed by atoms with E-state index in [0.717, 1.165) is 43.2 Å². The van der Waals surface area contributed by atoms with E-state index in [0.29, 0.717) is 30.3 Å². The highest BCUT2D eigenvalue weighted by atomic mass is 16.5. The number of ether oxygens (including phenoxy) is 2. The fraction of sp³-hybridized carbons (Fsp3) is 0.375. The highest BCUT2D eigenvalue weighted by Crippen LogP contribution is 2.30. The van der Waals surface area contributed by atoms with Gasteiger partial charge in [0, 0.05) is 18.7 Å². The number of para-hydroxylation sites is 2. The number of rotatable bonds is 7. The van der Waals surface area contributed by atoms with Gasteiger partial charge >= 0.3 is 6.03 Å². The number of carbonyl (C=O) groups is 1. The van der Waals surface area contributed by atoms with Crippen molar-refractivity contribution in [1.82, 2.24) is 14.8 Å². The largest absolute Gasteiger partial charge is 0.497 e. The Labute approximate surface area is 188 Å². The highest BCUT2D eigenvalue weighted by molar-refractivity contribution is 6.02. The normalized spacial score (nSPS) is 13.1. The van der Waals surface area contributed by atoms with Crippen molar-refractivity contribution in [3.8, 4) is 11.5 Å². The third-order valence-corrected chi connectivity index (χ3v) is 5.53. The van der Waals surface area contributed by atoms with Crippen molar-refractivity contribution < 1.29 is 14.3 Å². The number of amides is 2. The predicted molar refractivity (Wildman–Crippen MR) is 123 cm³/mol. The average Bonchev–Trinajstić information content (AvgIpc) is 3.04. The van der Waals surface area contributed by atoms with Crippen LogP contribution in [0.1, 0.15) is 37.8 Å². The molecule has 0 atom stereocenters. The zero-order valence-corrected chi connectivity index (χ0v) is 18.6. The molecule has 2 heterocycles. The van der Waals surface area contributed by atoms with Crippen molar-refractivity contribution in [3.63, 3.8) is 0 Å². The predicted octanol–water partition coefficient (Wildman–Crippen LogP) is 4.65. The minimum absolute atomic E-state index is 0.270. The van der Waals surface area contributed by atoms with E-state index < -0.39 is 0 Å². The summed E-state index contributed by atoms with van der Waals surface area (Å²) in [6.07, 6.45) is 4.30. The number of urea groups is 1. The maximum atomic E-state index is 13.5. The first kappa shape index (κ1) is 21.7. The molecule has 0 aliphatic carbocycles. The molecular formula is C24H29N5O3. The Balaban J connectivity index is 1.65. The molecule has 2 aromatic carbocycles. The molecule has 1 aliphatic heterocycles. The molecular weight excluding hydrogens is 406 g/mol. The summed E-state index contributed by atoms with van der Waals surface area (Å²) >= 11 is 0. The molecule has 0 radical (unpaired) electrons. The zero-order valence-electron chi connectivity index (χ0n) is 18.6. The molecule has 0 saturated heterocycles. The molecule has 0 saturated carbocycles. The number of anilines is 2. The average molecular weight is 436 g/mol.